The molecule has 0 radical (unpaired) electrons. The first kappa shape index (κ1) is 20.9. The number of amides is 2. The summed E-state index contributed by atoms with van der Waals surface area (Å²) in [5, 5.41) is 11.5. The molecule has 1 N–H and O–H groups in total. The Morgan fingerprint density at radius 2 is 1.94 bits per heavy atom. The summed E-state index contributed by atoms with van der Waals surface area (Å²) in [7, 11) is 0. The molecule has 2 aliphatic rings. The topological polar surface area (TPSA) is 80.1 Å². The Bertz CT molecular complexity index is 1150. The number of piperidine rings is 1. The van der Waals surface area contributed by atoms with Gasteiger partial charge in [0.15, 0.2) is 5.69 Å². The highest BCUT2D eigenvalue weighted by Crippen LogP contribution is 2.42. The van der Waals surface area contributed by atoms with Crippen molar-refractivity contribution in [2.75, 3.05) is 11.9 Å². The molecule has 164 valence electrons. The van der Waals surface area contributed by atoms with E-state index in [9.17, 15) is 9.59 Å². The molecule has 0 spiro atoms. The molecule has 8 heteroatoms. The first-order valence-corrected chi connectivity index (χ1v) is 11.8. The van der Waals surface area contributed by atoms with Gasteiger partial charge in [-0.3, -0.25) is 9.59 Å². The lowest BCUT2D eigenvalue weighted by molar-refractivity contribution is -0.133. The second-order valence-electron chi connectivity index (χ2n) is 8.41. The number of likely N-dealkylation sites (tertiary alicyclic amines) is 1. The van der Waals surface area contributed by atoms with E-state index in [0.717, 1.165) is 53.6 Å². The van der Waals surface area contributed by atoms with Gasteiger partial charge in [-0.15, -0.1) is 5.10 Å². The van der Waals surface area contributed by atoms with Crippen molar-refractivity contribution in [3.63, 3.8) is 0 Å². The standard InChI is InChI=1S/C24H24BrN5O2/c25-18-9-11-20(12-10-18)30-23(17-7-8-17)22(27-28-30)24(32)26-19-5-3-4-16(14-19)15-29-13-2-1-6-21(29)31/h3-5,9-12,14,17H,1-2,6-8,13,15H2,(H,26,32). The van der Waals surface area contributed by atoms with E-state index in [0.29, 0.717) is 30.3 Å². The Morgan fingerprint density at radius 1 is 1.12 bits per heavy atom. The van der Waals surface area contributed by atoms with Crippen molar-refractivity contribution in [1.29, 1.82) is 0 Å². The Kier molecular flexibility index (Phi) is 5.78. The highest BCUT2D eigenvalue weighted by atomic mass is 79.9. The van der Waals surface area contributed by atoms with Crippen LogP contribution in [0.4, 0.5) is 5.69 Å². The molecule has 2 aromatic carbocycles. The molecule has 0 atom stereocenters. The van der Waals surface area contributed by atoms with Crippen LogP contribution in [0, 0.1) is 0 Å². The number of carbonyl (C=O) groups is 2. The van der Waals surface area contributed by atoms with E-state index in [1.165, 1.54) is 0 Å². The third kappa shape index (κ3) is 4.46. The Morgan fingerprint density at radius 3 is 2.69 bits per heavy atom. The molecule has 7 nitrogen and oxygen atoms in total. The number of nitrogens with zero attached hydrogens (tertiary/aromatic N) is 4. The maximum Gasteiger partial charge on any atom is 0.278 e. The molecule has 0 unspecified atom stereocenters. The Balaban J connectivity index is 1.35. The van der Waals surface area contributed by atoms with Gasteiger partial charge in [0.05, 0.1) is 11.4 Å². The summed E-state index contributed by atoms with van der Waals surface area (Å²) < 4.78 is 2.76. The van der Waals surface area contributed by atoms with Gasteiger partial charge in [0, 0.05) is 35.6 Å². The van der Waals surface area contributed by atoms with E-state index >= 15 is 0 Å². The molecule has 2 amide bonds. The maximum atomic E-state index is 13.1. The molecule has 2 fully saturated rings. The normalized spacial score (nSPS) is 16.3. The minimum Gasteiger partial charge on any atom is -0.338 e. The number of hydrogen-bond acceptors (Lipinski definition) is 4. The third-order valence-corrected chi connectivity index (χ3v) is 6.46. The fourth-order valence-electron chi connectivity index (χ4n) is 4.13. The zero-order valence-corrected chi connectivity index (χ0v) is 19.2. The van der Waals surface area contributed by atoms with Gasteiger partial charge >= 0.3 is 0 Å². The molecule has 3 aromatic rings. The largest absolute Gasteiger partial charge is 0.338 e. The second-order valence-corrected chi connectivity index (χ2v) is 9.33. The lowest BCUT2D eigenvalue weighted by Crippen LogP contribution is -2.34. The number of aromatic nitrogens is 3. The van der Waals surface area contributed by atoms with Crippen LogP contribution in [-0.4, -0.2) is 38.3 Å². The van der Waals surface area contributed by atoms with Crippen LogP contribution in [-0.2, 0) is 11.3 Å². The number of rotatable bonds is 6. The second kappa shape index (κ2) is 8.86. The molecular formula is C24H24BrN5O2. The van der Waals surface area contributed by atoms with Crippen LogP contribution in [0.3, 0.4) is 0 Å². The molecule has 1 aliphatic carbocycles. The van der Waals surface area contributed by atoms with Gasteiger partial charge in [-0.2, -0.15) is 0 Å². The molecule has 2 heterocycles. The average molecular weight is 494 g/mol. The third-order valence-electron chi connectivity index (χ3n) is 5.93. The van der Waals surface area contributed by atoms with Crippen molar-refractivity contribution in [2.45, 2.75) is 44.6 Å². The van der Waals surface area contributed by atoms with Crippen LogP contribution in [0.25, 0.3) is 5.69 Å². The average Bonchev–Trinajstić information content (AvgIpc) is 3.54. The number of halogens is 1. The molecule has 0 bridgehead atoms. The van der Waals surface area contributed by atoms with Gasteiger partial charge in [-0.25, -0.2) is 4.68 Å². The monoisotopic (exact) mass is 493 g/mol. The summed E-state index contributed by atoms with van der Waals surface area (Å²) in [6.45, 7) is 1.36. The smallest absolute Gasteiger partial charge is 0.278 e. The van der Waals surface area contributed by atoms with Crippen LogP contribution in [0.15, 0.2) is 53.0 Å². The summed E-state index contributed by atoms with van der Waals surface area (Å²) >= 11 is 3.45. The van der Waals surface area contributed by atoms with E-state index < -0.39 is 0 Å². The summed E-state index contributed by atoms with van der Waals surface area (Å²) in [6, 6.07) is 15.5. The van der Waals surface area contributed by atoms with Crippen molar-refractivity contribution in [3.8, 4) is 5.69 Å². The zero-order valence-electron chi connectivity index (χ0n) is 17.6. The summed E-state index contributed by atoms with van der Waals surface area (Å²) in [5.41, 5.74) is 3.80. The molecule has 1 saturated heterocycles. The number of carbonyl (C=O) groups excluding carboxylic acids is 2. The van der Waals surface area contributed by atoms with Crippen LogP contribution >= 0.6 is 15.9 Å². The van der Waals surface area contributed by atoms with Crippen molar-refractivity contribution < 1.29 is 9.59 Å². The number of anilines is 1. The molecule has 1 saturated carbocycles. The first-order chi connectivity index (χ1) is 15.6. The first-order valence-electron chi connectivity index (χ1n) is 11.0. The van der Waals surface area contributed by atoms with E-state index in [1.807, 2.05) is 53.4 Å². The predicted molar refractivity (Wildman–Crippen MR) is 125 cm³/mol. The predicted octanol–water partition coefficient (Wildman–Crippen LogP) is 4.67. The quantitative estimate of drug-likeness (QED) is 0.540. The summed E-state index contributed by atoms with van der Waals surface area (Å²) in [5.74, 6) is 0.233. The van der Waals surface area contributed by atoms with Gasteiger partial charge in [0.1, 0.15) is 0 Å². The molecular weight excluding hydrogens is 470 g/mol. The van der Waals surface area contributed by atoms with Gasteiger partial charge in [-0.1, -0.05) is 33.3 Å². The van der Waals surface area contributed by atoms with Crippen LogP contribution in [0.5, 0.6) is 0 Å². The van der Waals surface area contributed by atoms with E-state index in [2.05, 4.69) is 31.6 Å². The number of nitrogens with one attached hydrogen (secondary N) is 1. The minimum absolute atomic E-state index is 0.198. The molecule has 1 aromatic heterocycles. The van der Waals surface area contributed by atoms with Gasteiger partial charge in [-0.05, 0) is 67.6 Å². The highest BCUT2D eigenvalue weighted by molar-refractivity contribution is 9.10. The minimum atomic E-state index is -0.263. The van der Waals surface area contributed by atoms with E-state index in [1.54, 1.807) is 4.68 Å². The molecule has 1 aliphatic heterocycles. The van der Waals surface area contributed by atoms with E-state index in [4.69, 9.17) is 0 Å². The van der Waals surface area contributed by atoms with Crippen LogP contribution in [0.2, 0.25) is 0 Å². The lowest BCUT2D eigenvalue weighted by atomic mass is 10.1. The maximum absolute atomic E-state index is 13.1. The zero-order chi connectivity index (χ0) is 22.1. The lowest BCUT2D eigenvalue weighted by Gasteiger charge is -2.26. The molecule has 32 heavy (non-hydrogen) atoms. The molecule has 5 rings (SSSR count). The highest BCUT2D eigenvalue weighted by Gasteiger charge is 2.34. The fourth-order valence-corrected chi connectivity index (χ4v) is 4.40. The van der Waals surface area contributed by atoms with Crippen molar-refractivity contribution in [1.82, 2.24) is 19.9 Å². The van der Waals surface area contributed by atoms with Crippen molar-refractivity contribution in [3.05, 3.63) is 70.0 Å². The number of benzene rings is 2. The van der Waals surface area contributed by atoms with Crippen molar-refractivity contribution in [2.24, 2.45) is 0 Å². The van der Waals surface area contributed by atoms with Gasteiger partial charge < -0.3 is 10.2 Å². The SMILES string of the molecule is O=C(Nc1cccc(CN2CCCCC2=O)c1)c1nnn(-c2ccc(Br)cc2)c1C1CC1. The summed E-state index contributed by atoms with van der Waals surface area (Å²) in [4.78, 5) is 27.1. The van der Waals surface area contributed by atoms with Crippen molar-refractivity contribution >= 4 is 33.4 Å². The van der Waals surface area contributed by atoms with E-state index in [-0.39, 0.29) is 11.8 Å². The Labute approximate surface area is 194 Å². The van der Waals surface area contributed by atoms with Gasteiger partial charge in [0.2, 0.25) is 5.91 Å². The Hall–Kier alpha value is -3.00. The van der Waals surface area contributed by atoms with Crippen LogP contribution < -0.4 is 5.32 Å². The van der Waals surface area contributed by atoms with Crippen LogP contribution in [0.1, 0.15) is 59.8 Å². The van der Waals surface area contributed by atoms with Gasteiger partial charge in [0.25, 0.3) is 5.91 Å². The number of hydrogen-bond donors (Lipinski definition) is 1. The fraction of sp³-hybridized carbons (Fsp3) is 0.333. The summed E-state index contributed by atoms with van der Waals surface area (Å²) in [6.07, 6.45) is 4.69.